The Morgan fingerprint density at radius 2 is 1.69 bits per heavy atom. The third-order valence-corrected chi connectivity index (χ3v) is 5.79. The van der Waals surface area contributed by atoms with Gasteiger partial charge in [-0.15, -0.1) is 0 Å². The van der Waals surface area contributed by atoms with Gasteiger partial charge in [0, 0.05) is 4.47 Å². The number of rotatable bonds is 5. The first kappa shape index (κ1) is 22.0. The second-order valence-electron chi connectivity index (χ2n) is 6.90. The van der Waals surface area contributed by atoms with Crippen molar-refractivity contribution in [2.75, 3.05) is 4.90 Å². The Morgan fingerprint density at radius 3 is 2.41 bits per heavy atom. The molecule has 0 saturated carbocycles. The van der Waals surface area contributed by atoms with Crippen LogP contribution in [-0.2, 0) is 16.2 Å². The average molecular weight is 556 g/mol. The van der Waals surface area contributed by atoms with E-state index in [9.17, 15) is 14.4 Å². The molecule has 4 rings (SSSR count). The highest BCUT2D eigenvalue weighted by molar-refractivity contribution is 9.10. The van der Waals surface area contributed by atoms with Crippen molar-refractivity contribution in [3.8, 4) is 5.75 Å². The summed E-state index contributed by atoms with van der Waals surface area (Å²) in [5.41, 5.74) is 1.85. The van der Waals surface area contributed by atoms with Crippen LogP contribution in [0.1, 0.15) is 11.1 Å². The van der Waals surface area contributed by atoms with Crippen molar-refractivity contribution in [1.29, 1.82) is 0 Å². The molecule has 3 aromatic carbocycles. The van der Waals surface area contributed by atoms with Gasteiger partial charge in [-0.2, -0.15) is 0 Å². The minimum Gasteiger partial charge on any atom is -0.488 e. The number of nitrogens with one attached hydrogen (secondary N) is 1. The van der Waals surface area contributed by atoms with Gasteiger partial charge in [0.25, 0.3) is 11.8 Å². The van der Waals surface area contributed by atoms with Gasteiger partial charge in [-0.25, -0.2) is 9.69 Å². The lowest BCUT2D eigenvalue weighted by Gasteiger charge is -2.26. The van der Waals surface area contributed by atoms with E-state index in [1.165, 1.54) is 6.08 Å². The van der Waals surface area contributed by atoms with Gasteiger partial charge >= 0.3 is 6.03 Å². The highest BCUT2D eigenvalue weighted by atomic mass is 79.9. The number of imide groups is 2. The molecule has 1 saturated heterocycles. The van der Waals surface area contributed by atoms with Crippen molar-refractivity contribution in [3.63, 3.8) is 0 Å². The molecule has 0 spiro atoms. The van der Waals surface area contributed by atoms with Crippen molar-refractivity contribution >= 4 is 61.5 Å². The molecule has 1 N–H and O–H groups in total. The zero-order valence-corrected chi connectivity index (χ0v) is 19.7. The molecule has 1 aliphatic heterocycles. The van der Waals surface area contributed by atoms with Crippen LogP contribution in [-0.4, -0.2) is 17.8 Å². The van der Waals surface area contributed by atoms with Crippen LogP contribution in [0.15, 0.2) is 87.3 Å². The van der Waals surface area contributed by atoms with Crippen LogP contribution in [0.2, 0.25) is 0 Å². The molecule has 0 unspecified atom stereocenters. The number of amides is 4. The summed E-state index contributed by atoms with van der Waals surface area (Å²) in [5.74, 6) is -0.814. The molecule has 1 aliphatic rings. The number of halogens is 2. The van der Waals surface area contributed by atoms with E-state index in [1.807, 2.05) is 30.3 Å². The van der Waals surface area contributed by atoms with Crippen LogP contribution >= 0.6 is 31.9 Å². The summed E-state index contributed by atoms with van der Waals surface area (Å²) in [6.07, 6.45) is 1.45. The van der Waals surface area contributed by atoms with Gasteiger partial charge in [0.2, 0.25) is 0 Å². The van der Waals surface area contributed by atoms with Gasteiger partial charge in [-0.3, -0.25) is 14.9 Å². The van der Waals surface area contributed by atoms with Crippen LogP contribution in [0.3, 0.4) is 0 Å². The first-order chi connectivity index (χ1) is 15.4. The Morgan fingerprint density at radius 1 is 0.906 bits per heavy atom. The molecular formula is C24H16Br2N2O4. The molecule has 32 heavy (non-hydrogen) atoms. The highest BCUT2D eigenvalue weighted by Crippen LogP contribution is 2.29. The minimum absolute atomic E-state index is 0.144. The van der Waals surface area contributed by atoms with Crippen LogP contribution < -0.4 is 15.0 Å². The fraction of sp³-hybridized carbons (Fsp3) is 0.0417. The molecule has 8 heteroatoms. The van der Waals surface area contributed by atoms with Crippen molar-refractivity contribution < 1.29 is 19.1 Å². The monoisotopic (exact) mass is 554 g/mol. The van der Waals surface area contributed by atoms with Gasteiger partial charge in [0.05, 0.1) is 10.2 Å². The second-order valence-corrected chi connectivity index (χ2v) is 8.67. The van der Waals surface area contributed by atoms with Crippen molar-refractivity contribution in [2.24, 2.45) is 0 Å². The number of benzene rings is 3. The maximum atomic E-state index is 13.0. The zero-order valence-electron chi connectivity index (χ0n) is 16.5. The predicted molar refractivity (Wildman–Crippen MR) is 128 cm³/mol. The van der Waals surface area contributed by atoms with E-state index in [0.717, 1.165) is 10.5 Å². The van der Waals surface area contributed by atoms with E-state index < -0.39 is 17.8 Å². The standard InChI is InChI=1S/C24H16Br2N2O4/c25-17-7-4-8-18(13-17)28-23(30)19(22(29)27-24(28)31)11-16-9-10-21(20(26)12-16)32-14-15-5-2-1-3-6-15/h1-13H,14H2,(H,27,29,31)/b19-11+. The van der Waals surface area contributed by atoms with Gasteiger partial charge in [0.15, 0.2) is 0 Å². The van der Waals surface area contributed by atoms with Gasteiger partial charge < -0.3 is 4.74 Å². The van der Waals surface area contributed by atoms with E-state index in [1.54, 1.807) is 42.5 Å². The van der Waals surface area contributed by atoms with E-state index in [0.29, 0.717) is 32.6 Å². The van der Waals surface area contributed by atoms with E-state index in [4.69, 9.17) is 4.74 Å². The largest absolute Gasteiger partial charge is 0.488 e. The normalized spacial score (nSPS) is 15.1. The third kappa shape index (κ3) is 4.81. The summed E-state index contributed by atoms with van der Waals surface area (Å²) < 4.78 is 7.21. The lowest BCUT2D eigenvalue weighted by Crippen LogP contribution is -2.54. The lowest BCUT2D eigenvalue weighted by molar-refractivity contribution is -0.122. The molecule has 0 radical (unpaired) electrons. The summed E-state index contributed by atoms with van der Waals surface area (Å²) in [6.45, 7) is 0.407. The number of ether oxygens (including phenoxy) is 1. The lowest BCUT2D eigenvalue weighted by atomic mass is 10.1. The van der Waals surface area contributed by atoms with E-state index >= 15 is 0 Å². The number of hydrogen-bond acceptors (Lipinski definition) is 4. The Labute approximate surface area is 201 Å². The van der Waals surface area contributed by atoms with Gasteiger partial charge in [-0.1, -0.05) is 58.4 Å². The molecule has 0 bridgehead atoms. The number of barbiturate groups is 1. The number of carbonyl (C=O) groups excluding carboxylic acids is 3. The number of hydrogen-bond donors (Lipinski definition) is 1. The number of nitrogens with zero attached hydrogens (tertiary/aromatic N) is 1. The summed E-state index contributed by atoms with van der Waals surface area (Å²) >= 11 is 6.80. The Balaban J connectivity index is 1.57. The van der Waals surface area contributed by atoms with Gasteiger partial charge in [-0.05, 0) is 63.5 Å². The van der Waals surface area contributed by atoms with E-state index in [-0.39, 0.29) is 5.57 Å². The van der Waals surface area contributed by atoms with Gasteiger partial charge in [0.1, 0.15) is 17.9 Å². The molecule has 1 fully saturated rings. The van der Waals surface area contributed by atoms with Crippen LogP contribution in [0, 0.1) is 0 Å². The molecule has 0 atom stereocenters. The van der Waals surface area contributed by atoms with Crippen LogP contribution in [0.25, 0.3) is 6.08 Å². The molecule has 4 amide bonds. The second kappa shape index (κ2) is 9.50. The summed E-state index contributed by atoms with van der Waals surface area (Å²) in [5, 5.41) is 2.22. The smallest absolute Gasteiger partial charge is 0.335 e. The summed E-state index contributed by atoms with van der Waals surface area (Å²) in [6, 6.07) is 20.9. The quantitative estimate of drug-likeness (QED) is 0.335. The van der Waals surface area contributed by atoms with Crippen molar-refractivity contribution in [2.45, 2.75) is 6.61 Å². The fourth-order valence-electron chi connectivity index (χ4n) is 3.13. The van der Waals surface area contributed by atoms with Crippen molar-refractivity contribution in [1.82, 2.24) is 5.32 Å². The molecule has 0 aromatic heterocycles. The number of urea groups is 1. The Hall–Kier alpha value is -3.23. The average Bonchev–Trinajstić information content (AvgIpc) is 2.77. The SMILES string of the molecule is O=C1NC(=O)N(c2cccc(Br)c2)C(=O)/C1=C/c1ccc(OCc2ccccc2)c(Br)c1. The molecule has 160 valence electrons. The molecule has 6 nitrogen and oxygen atoms in total. The fourth-order valence-corrected chi connectivity index (χ4v) is 4.03. The van der Waals surface area contributed by atoms with E-state index in [2.05, 4.69) is 37.2 Å². The molecular weight excluding hydrogens is 540 g/mol. The Bertz CT molecular complexity index is 1240. The highest BCUT2D eigenvalue weighted by Gasteiger charge is 2.36. The molecule has 1 heterocycles. The molecule has 0 aliphatic carbocycles. The topological polar surface area (TPSA) is 75.7 Å². The maximum absolute atomic E-state index is 13.0. The minimum atomic E-state index is -0.791. The maximum Gasteiger partial charge on any atom is 0.335 e. The Kier molecular flexibility index (Phi) is 6.53. The summed E-state index contributed by atoms with van der Waals surface area (Å²) in [7, 11) is 0. The summed E-state index contributed by atoms with van der Waals surface area (Å²) in [4.78, 5) is 38.6. The number of anilines is 1. The first-order valence-electron chi connectivity index (χ1n) is 9.55. The van der Waals surface area contributed by atoms with Crippen LogP contribution in [0.5, 0.6) is 5.75 Å². The first-order valence-corrected chi connectivity index (χ1v) is 11.1. The molecule has 3 aromatic rings. The third-order valence-electron chi connectivity index (χ3n) is 4.67. The van der Waals surface area contributed by atoms with Crippen LogP contribution in [0.4, 0.5) is 10.5 Å². The number of carbonyl (C=O) groups is 3. The van der Waals surface area contributed by atoms with Crippen molar-refractivity contribution in [3.05, 3.63) is 98.4 Å². The predicted octanol–water partition coefficient (Wildman–Crippen LogP) is 5.46. The zero-order chi connectivity index (χ0) is 22.7.